The quantitative estimate of drug-likeness (QED) is 0.906. The molecule has 0 saturated carbocycles. The lowest BCUT2D eigenvalue weighted by atomic mass is 10.1. The van der Waals surface area contributed by atoms with E-state index in [1.54, 1.807) is 0 Å². The summed E-state index contributed by atoms with van der Waals surface area (Å²) >= 11 is 0. The van der Waals surface area contributed by atoms with E-state index >= 15 is 0 Å². The summed E-state index contributed by atoms with van der Waals surface area (Å²) < 4.78 is 0. The molecule has 1 N–H and O–H groups in total. The van der Waals surface area contributed by atoms with Crippen molar-refractivity contribution < 1.29 is 4.79 Å². The van der Waals surface area contributed by atoms with Gasteiger partial charge in [-0.1, -0.05) is 6.07 Å². The number of rotatable bonds is 5. The molecule has 0 bridgehead atoms. The van der Waals surface area contributed by atoms with Crippen molar-refractivity contribution in [3.05, 3.63) is 29.3 Å². The van der Waals surface area contributed by atoms with Crippen molar-refractivity contribution in [2.24, 2.45) is 0 Å². The van der Waals surface area contributed by atoms with Gasteiger partial charge in [0.15, 0.2) is 0 Å². The molecule has 23 heavy (non-hydrogen) atoms. The molecule has 1 aromatic carbocycles. The van der Waals surface area contributed by atoms with Gasteiger partial charge >= 0.3 is 6.03 Å². The summed E-state index contributed by atoms with van der Waals surface area (Å²) in [6.45, 7) is 9.88. The Labute approximate surface area is 140 Å². The van der Waals surface area contributed by atoms with E-state index in [0.717, 1.165) is 45.0 Å². The van der Waals surface area contributed by atoms with Crippen LogP contribution in [-0.4, -0.2) is 74.1 Å². The summed E-state index contributed by atoms with van der Waals surface area (Å²) in [5.41, 5.74) is 3.23. The van der Waals surface area contributed by atoms with E-state index in [0.29, 0.717) is 0 Å². The first kappa shape index (κ1) is 17.8. The smallest absolute Gasteiger partial charge is 0.321 e. The first-order valence-corrected chi connectivity index (χ1v) is 8.45. The van der Waals surface area contributed by atoms with E-state index in [2.05, 4.69) is 49.1 Å². The minimum Gasteiger partial charge on any atom is -0.322 e. The molecule has 0 atom stereocenters. The number of nitrogens with zero attached hydrogens (tertiary/aromatic N) is 3. The lowest BCUT2D eigenvalue weighted by molar-refractivity contribution is 0.144. The van der Waals surface area contributed by atoms with Crippen LogP contribution in [0.3, 0.4) is 0 Å². The largest absolute Gasteiger partial charge is 0.322 e. The summed E-state index contributed by atoms with van der Waals surface area (Å²) in [4.78, 5) is 19.0. The first-order chi connectivity index (χ1) is 10.9. The lowest BCUT2D eigenvalue weighted by Crippen LogP contribution is -2.50. The first-order valence-electron chi connectivity index (χ1n) is 8.45. The number of urea groups is 1. The van der Waals surface area contributed by atoms with Gasteiger partial charge in [0.25, 0.3) is 0 Å². The van der Waals surface area contributed by atoms with Crippen molar-refractivity contribution in [1.82, 2.24) is 14.7 Å². The normalized spacial score (nSPS) is 16.0. The molecule has 2 amide bonds. The van der Waals surface area contributed by atoms with E-state index < -0.39 is 0 Å². The number of benzene rings is 1. The molecule has 1 fully saturated rings. The van der Waals surface area contributed by atoms with Crippen molar-refractivity contribution >= 4 is 11.7 Å². The maximum atomic E-state index is 12.4. The van der Waals surface area contributed by atoms with E-state index in [9.17, 15) is 4.79 Å². The van der Waals surface area contributed by atoms with Crippen LogP contribution < -0.4 is 5.32 Å². The Kier molecular flexibility index (Phi) is 6.42. The number of hydrogen-bond donors (Lipinski definition) is 1. The molecule has 1 aliphatic heterocycles. The summed E-state index contributed by atoms with van der Waals surface area (Å²) in [5, 5.41) is 3.03. The second kappa shape index (κ2) is 8.31. The van der Waals surface area contributed by atoms with Gasteiger partial charge in [0.1, 0.15) is 0 Å². The van der Waals surface area contributed by atoms with Gasteiger partial charge in [0.05, 0.1) is 0 Å². The minimum atomic E-state index is 0.0166. The molecule has 0 spiro atoms. The zero-order valence-electron chi connectivity index (χ0n) is 14.9. The predicted molar refractivity (Wildman–Crippen MR) is 96.1 cm³/mol. The highest BCUT2D eigenvalue weighted by atomic mass is 16.2. The van der Waals surface area contributed by atoms with Crippen LogP contribution >= 0.6 is 0 Å². The van der Waals surface area contributed by atoms with Crippen LogP contribution in [-0.2, 0) is 0 Å². The lowest BCUT2D eigenvalue weighted by Gasteiger charge is -2.34. The number of piperazine rings is 1. The highest BCUT2D eigenvalue weighted by Gasteiger charge is 2.20. The number of carbonyl (C=O) groups is 1. The topological polar surface area (TPSA) is 38.8 Å². The van der Waals surface area contributed by atoms with Crippen molar-refractivity contribution in [1.29, 1.82) is 0 Å². The fourth-order valence-corrected chi connectivity index (χ4v) is 3.03. The molecule has 1 saturated heterocycles. The number of carbonyl (C=O) groups excluding carboxylic acids is 1. The number of amides is 2. The molecular formula is C18H30N4O. The molecule has 128 valence electrons. The molecule has 5 nitrogen and oxygen atoms in total. The maximum Gasteiger partial charge on any atom is 0.321 e. The Hall–Kier alpha value is -1.59. The van der Waals surface area contributed by atoms with Gasteiger partial charge < -0.3 is 15.1 Å². The van der Waals surface area contributed by atoms with Crippen LogP contribution in [0.1, 0.15) is 17.5 Å². The second-order valence-electron chi connectivity index (χ2n) is 6.79. The van der Waals surface area contributed by atoms with Gasteiger partial charge in [-0.25, -0.2) is 4.79 Å². The van der Waals surface area contributed by atoms with Crippen LogP contribution in [0, 0.1) is 13.8 Å². The molecule has 5 heteroatoms. The zero-order valence-corrected chi connectivity index (χ0v) is 14.9. The summed E-state index contributed by atoms with van der Waals surface area (Å²) in [7, 11) is 4.21. The van der Waals surface area contributed by atoms with Crippen LogP contribution in [0.25, 0.3) is 0 Å². The van der Waals surface area contributed by atoms with Crippen LogP contribution in [0.2, 0.25) is 0 Å². The van der Waals surface area contributed by atoms with Crippen molar-refractivity contribution in [2.75, 3.05) is 58.7 Å². The third kappa shape index (κ3) is 5.84. The van der Waals surface area contributed by atoms with Gasteiger partial charge in [0.2, 0.25) is 0 Å². The highest BCUT2D eigenvalue weighted by Crippen LogP contribution is 2.15. The van der Waals surface area contributed by atoms with Crippen LogP contribution in [0.15, 0.2) is 18.2 Å². The van der Waals surface area contributed by atoms with E-state index in [4.69, 9.17) is 0 Å². The second-order valence-corrected chi connectivity index (χ2v) is 6.79. The van der Waals surface area contributed by atoms with E-state index in [1.165, 1.54) is 17.5 Å². The summed E-state index contributed by atoms with van der Waals surface area (Å²) in [5.74, 6) is 0. The van der Waals surface area contributed by atoms with Gasteiger partial charge in [-0.15, -0.1) is 0 Å². The monoisotopic (exact) mass is 318 g/mol. The molecule has 0 unspecified atom stereocenters. The Balaban J connectivity index is 1.77. The third-order valence-electron chi connectivity index (χ3n) is 4.21. The molecule has 1 aliphatic rings. The Morgan fingerprint density at radius 2 is 1.70 bits per heavy atom. The average Bonchev–Trinajstić information content (AvgIpc) is 2.46. The number of nitrogens with one attached hydrogen (secondary N) is 1. The molecule has 0 aromatic heterocycles. The third-order valence-corrected chi connectivity index (χ3v) is 4.21. The number of aryl methyl sites for hydroxylation is 2. The standard InChI is InChI=1S/C18H30N4O/c1-15-12-16(2)14-17(13-15)19-18(23)22-10-8-21(9-11-22)7-5-6-20(3)4/h12-14H,5-11H2,1-4H3,(H,19,23). The predicted octanol–water partition coefficient (Wildman–Crippen LogP) is 2.40. The van der Waals surface area contributed by atoms with Crippen LogP contribution in [0.5, 0.6) is 0 Å². The number of anilines is 1. The van der Waals surface area contributed by atoms with Crippen molar-refractivity contribution in [3.8, 4) is 0 Å². The molecule has 2 rings (SSSR count). The van der Waals surface area contributed by atoms with E-state index in [-0.39, 0.29) is 6.03 Å². The summed E-state index contributed by atoms with van der Waals surface area (Å²) in [6.07, 6.45) is 1.18. The Morgan fingerprint density at radius 1 is 1.09 bits per heavy atom. The molecule has 0 radical (unpaired) electrons. The van der Waals surface area contributed by atoms with Crippen LogP contribution in [0.4, 0.5) is 10.5 Å². The average molecular weight is 318 g/mol. The maximum absolute atomic E-state index is 12.4. The van der Waals surface area contributed by atoms with E-state index in [1.807, 2.05) is 17.0 Å². The Morgan fingerprint density at radius 3 is 2.26 bits per heavy atom. The molecule has 0 aliphatic carbocycles. The van der Waals surface area contributed by atoms with Gasteiger partial charge in [0, 0.05) is 31.9 Å². The van der Waals surface area contributed by atoms with Crippen molar-refractivity contribution in [3.63, 3.8) is 0 Å². The zero-order chi connectivity index (χ0) is 16.8. The molecular weight excluding hydrogens is 288 g/mol. The van der Waals surface area contributed by atoms with Gasteiger partial charge in [-0.05, 0) is 70.7 Å². The molecule has 1 aromatic rings. The Bertz CT molecular complexity index is 502. The fraction of sp³-hybridized carbons (Fsp3) is 0.611. The number of hydrogen-bond acceptors (Lipinski definition) is 3. The minimum absolute atomic E-state index is 0.0166. The van der Waals surface area contributed by atoms with Gasteiger partial charge in [-0.2, -0.15) is 0 Å². The SMILES string of the molecule is Cc1cc(C)cc(NC(=O)N2CCN(CCCN(C)C)CC2)c1. The summed E-state index contributed by atoms with van der Waals surface area (Å²) in [6, 6.07) is 6.16. The molecule has 1 heterocycles. The highest BCUT2D eigenvalue weighted by molar-refractivity contribution is 5.89. The van der Waals surface area contributed by atoms with Crippen molar-refractivity contribution in [2.45, 2.75) is 20.3 Å². The van der Waals surface area contributed by atoms with Gasteiger partial charge in [-0.3, -0.25) is 4.90 Å². The fourth-order valence-electron chi connectivity index (χ4n) is 3.03.